The molecule has 0 aromatic heterocycles. The third-order valence-electron chi connectivity index (χ3n) is 1.77. The molecule has 0 saturated heterocycles. The van der Waals surface area contributed by atoms with Crippen LogP contribution in [0.5, 0.6) is 0 Å². The minimum Gasteiger partial charge on any atom is -0.480 e. The van der Waals surface area contributed by atoms with Crippen molar-refractivity contribution in [1.82, 2.24) is 10.2 Å². The van der Waals surface area contributed by atoms with Crippen LogP contribution in [0.4, 0.5) is 4.79 Å². The predicted octanol–water partition coefficient (Wildman–Crippen LogP) is -1.22. The summed E-state index contributed by atoms with van der Waals surface area (Å²) in [5.74, 6) is -1.51. The van der Waals surface area contributed by atoms with Crippen LogP contribution in [0.1, 0.15) is 13.3 Å². The second kappa shape index (κ2) is 7.07. The monoisotopic (exact) mass is 267 g/mol. The second-order valence-corrected chi connectivity index (χ2v) is 5.15. The fraction of sp³-hybridized carbons (Fsp3) is 0.750. The minimum atomic E-state index is -3.63. The Morgan fingerprint density at radius 2 is 2.00 bits per heavy atom. The normalized spacial score (nSPS) is 10.9. The molecule has 0 fully saturated rings. The Kier molecular flexibility index (Phi) is 6.51. The summed E-state index contributed by atoms with van der Waals surface area (Å²) < 4.78 is 21.2. The molecule has 0 aliphatic heterocycles. The lowest BCUT2D eigenvalue weighted by Gasteiger charge is -2.20. The molecule has 0 aliphatic rings. The number of primary sulfonamides is 1. The molecule has 8 nitrogen and oxygen atoms in total. The smallest absolute Gasteiger partial charge is 0.323 e. The SMILES string of the molecule is CCCN(CC(=O)O)C(=O)NCCS(N)(=O)=O. The van der Waals surface area contributed by atoms with Crippen LogP contribution in [0.2, 0.25) is 0 Å². The van der Waals surface area contributed by atoms with Gasteiger partial charge in [0.25, 0.3) is 0 Å². The summed E-state index contributed by atoms with van der Waals surface area (Å²) in [6.45, 7) is 1.52. The molecule has 2 amide bonds. The number of urea groups is 1. The van der Waals surface area contributed by atoms with Gasteiger partial charge in [-0.3, -0.25) is 4.79 Å². The quantitative estimate of drug-likeness (QED) is 0.532. The molecule has 0 aromatic carbocycles. The largest absolute Gasteiger partial charge is 0.480 e. The van der Waals surface area contributed by atoms with Gasteiger partial charge in [0.15, 0.2) is 0 Å². The Morgan fingerprint density at radius 3 is 2.41 bits per heavy atom. The molecule has 100 valence electrons. The van der Waals surface area contributed by atoms with E-state index in [-0.39, 0.29) is 18.8 Å². The summed E-state index contributed by atoms with van der Waals surface area (Å²) in [6.07, 6.45) is 0.607. The number of hydrogen-bond acceptors (Lipinski definition) is 4. The molecule has 17 heavy (non-hydrogen) atoms. The van der Waals surface area contributed by atoms with E-state index >= 15 is 0 Å². The Hall–Kier alpha value is -1.35. The van der Waals surface area contributed by atoms with Gasteiger partial charge in [-0.25, -0.2) is 18.4 Å². The lowest BCUT2D eigenvalue weighted by molar-refractivity contribution is -0.137. The zero-order valence-electron chi connectivity index (χ0n) is 9.55. The molecule has 0 rings (SSSR count). The number of amides is 2. The number of nitrogens with zero attached hydrogens (tertiary/aromatic N) is 1. The van der Waals surface area contributed by atoms with Crippen LogP contribution in [-0.2, 0) is 14.8 Å². The van der Waals surface area contributed by atoms with Crippen LogP contribution in [0.3, 0.4) is 0 Å². The number of carboxylic acids is 1. The van der Waals surface area contributed by atoms with Crippen molar-refractivity contribution in [1.29, 1.82) is 0 Å². The van der Waals surface area contributed by atoms with E-state index in [9.17, 15) is 18.0 Å². The Labute approximate surface area is 99.8 Å². The van der Waals surface area contributed by atoms with Gasteiger partial charge < -0.3 is 15.3 Å². The summed E-state index contributed by atoms with van der Waals surface area (Å²) in [4.78, 5) is 23.0. The van der Waals surface area contributed by atoms with Crippen LogP contribution in [0.15, 0.2) is 0 Å². The van der Waals surface area contributed by atoms with Crippen molar-refractivity contribution in [3.63, 3.8) is 0 Å². The number of carboxylic acid groups (broad SMARTS) is 1. The van der Waals surface area contributed by atoms with Gasteiger partial charge in [0.05, 0.1) is 5.75 Å². The van der Waals surface area contributed by atoms with Crippen LogP contribution in [-0.4, -0.2) is 55.8 Å². The summed E-state index contributed by atoms with van der Waals surface area (Å²) in [7, 11) is -3.63. The third kappa shape index (κ3) is 8.46. The van der Waals surface area contributed by atoms with Crippen molar-refractivity contribution < 1.29 is 23.1 Å². The van der Waals surface area contributed by atoms with E-state index in [2.05, 4.69) is 5.32 Å². The minimum absolute atomic E-state index is 0.141. The zero-order valence-corrected chi connectivity index (χ0v) is 10.4. The van der Waals surface area contributed by atoms with Gasteiger partial charge in [0, 0.05) is 13.1 Å². The molecule has 0 saturated carbocycles. The molecule has 0 atom stereocenters. The van der Waals surface area contributed by atoms with E-state index in [1.54, 1.807) is 6.92 Å². The molecule has 9 heteroatoms. The maximum atomic E-state index is 11.5. The number of sulfonamides is 1. The van der Waals surface area contributed by atoms with E-state index in [1.807, 2.05) is 0 Å². The molecule has 0 heterocycles. The lowest BCUT2D eigenvalue weighted by Crippen LogP contribution is -2.44. The van der Waals surface area contributed by atoms with Crippen molar-refractivity contribution in [2.24, 2.45) is 5.14 Å². The first kappa shape index (κ1) is 15.7. The third-order valence-corrected chi connectivity index (χ3v) is 2.54. The van der Waals surface area contributed by atoms with Gasteiger partial charge in [-0.1, -0.05) is 6.92 Å². The average Bonchev–Trinajstić information content (AvgIpc) is 2.14. The van der Waals surface area contributed by atoms with Crippen molar-refractivity contribution in [2.75, 3.05) is 25.4 Å². The predicted molar refractivity (Wildman–Crippen MR) is 60.9 cm³/mol. The first-order valence-corrected chi connectivity index (χ1v) is 6.73. The van der Waals surface area contributed by atoms with Crippen LogP contribution < -0.4 is 10.5 Å². The number of rotatable bonds is 7. The van der Waals surface area contributed by atoms with Gasteiger partial charge in [0.1, 0.15) is 6.54 Å². The summed E-state index contributed by atoms with van der Waals surface area (Å²) >= 11 is 0. The van der Waals surface area contributed by atoms with E-state index < -0.39 is 28.6 Å². The average molecular weight is 267 g/mol. The number of carbonyl (C=O) groups excluding carboxylic acids is 1. The molecule has 0 spiro atoms. The first-order valence-electron chi connectivity index (χ1n) is 5.01. The molecular formula is C8H17N3O5S. The van der Waals surface area contributed by atoms with E-state index in [0.29, 0.717) is 6.42 Å². The van der Waals surface area contributed by atoms with Crippen molar-refractivity contribution >= 4 is 22.0 Å². The summed E-state index contributed by atoms with van der Waals surface area (Å²) in [5.41, 5.74) is 0. The van der Waals surface area contributed by atoms with Gasteiger partial charge in [-0.15, -0.1) is 0 Å². The van der Waals surface area contributed by atoms with E-state index in [1.165, 1.54) is 0 Å². The summed E-state index contributed by atoms with van der Waals surface area (Å²) in [5, 5.41) is 15.6. The van der Waals surface area contributed by atoms with Crippen molar-refractivity contribution in [2.45, 2.75) is 13.3 Å². The Bertz CT molecular complexity index is 367. The molecule has 0 radical (unpaired) electrons. The number of carbonyl (C=O) groups is 2. The maximum absolute atomic E-state index is 11.5. The van der Waals surface area contributed by atoms with Crippen LogP contribution in [0, 0.1) is 0 Å². The number of nitrogens with two attached hydrogens (primary N) is 1. The maximum Gasteiger partial charge on any atom is 0.323 e. The van der Waals surface area contributed by atoms with E-state index in [4.69, 9.17) is 10.2 Å². The van der Waals surface area contributed by atoms with Crippen molar-refractivity contribution in [3.05, 3.63) is 0 Å². The Balaban J connectivity index is 4.18. The Morgan fingerprint density at radius 1 is 1.41 bits per heavy atom. The molecular weight excluding hydrogens is 250 g/mol. The fourth-order valence-corrected chi connectivity index (χ4v) is 1.48. The van der Waals surface area contributed by atoms with Crippen molar-refractivity contribution in [3.8, 4) is 0 Å². The van der Waals surface area contributed by atoms with Crippen LogP contribution in [0.25, 0.3) is 0 Å². The highest BCUT2D eigenvalue weighted by atomic mass is 32.2. The molecule has 4 N–H and O–H groups in total. The second-order valence-electron chi connectivity index (χ2n) is 3.41. The highest BCUT2D eigenvalue weighted by Gasteiger charge is 2.15. The van der Waals surface area contributed by atoms with Gasteiger partial charge >= 0.3 is 12.0 Å². The van der Waals surface area contributed by atoms with Gasteiger partial charge in [-0.2, -0.15) is 0 Å². The molecule has 0 aromatic rings. The molecule has 0 bridgehead atoms. The highest BCUT2D eigenvalue weighted by Crippen LogP contribution is 1.92. The lowest BCUT2D eigenvalue weighted by atomic mass is 10.4. The topological polar surface area (TPSA) is 130 Å². The number of hydrogen-bond donors (Lipinski definition) is 3. The van der Waals surface area contributed by atoms with Gasteiger partial charge in [0.2, 0.25) is 10.0 Å². The first-order chi connectivity index (χ1) is 7.76. The zero-order chi connectivity index (χ0) is 13.5. The number of nitrogens with one attached hydrogen (secondary N) is 1. The fourth-order valence-electron chi connectivity index (χ4n) is 1.10. The molecule has 0 aliphatic carbocycles. The number of aliphatic carboxylic acids is 1. The van der Waals surface area contributed by atoms with Gasteiger partial charge in [-0.05, 0) is 6.42 Å². The molecule has 0 unspecified atom stereocenters. The van der Waals surface area contributed by atoms with E-state index in [0.717, 1.165) is 4.90 Å². The van der Waals surface area contributed by atoms with Crippen LogP contribution >= 0.6 is 0 Å². The highest BCUT2D eigenvalue weighted by molar-refractivity contribution is 7.89. The summed E-state index contributed by atoms with van der Waals surface area (Å²) in [6, 6.07) is -0.613. The standard InChI is InChI=1S/C8H17N3O5S/c1-2-4-11(6-7(12)13)8(14)10-3-5-17(9,15)16/h2-6H2,1H3,(H,10,14)(H,12,13)(H2,9,15,16).